The van der Waals surface area contributed by atoms with Crippen molar-refractivity contribution in [2.24, 2.45) is 10.9 Å². The van der Waals surface area contributed by atoms with Crippen molar-refractivity contribution in [3.05, 3.63) is 83.2 Å². The van der Waals surface area contributed by atoms with Crippen LogP contribution in [0.15, 0.2) is 65.7 Å². The molecule has 1 fully saturated rings. The number of phenols is 2. The Bertz CT molecular complexity index is 1450. The van der Waals surface area contributed by atoms with Crippen LogP contribution in [0.3, 0.4) is 0 Å². The van der Waals surface area contributed by atoms with E-state index in [-0.39, 0.29) is 11.8 Å². The SMILES string of the molecule is CC1=C(c2ccc(O)c(F)c2)C(CC2C=N2)(c2ccc(OCCN3CC[C@@H](C)C3)cc2)Oc2cc(O)ccc21. The molecule has 3 aromatic carbocycles. The van der Waals surface area contributed by atoms with E-state index in [0.29, 0.717) is 24.3 Å². The lowest BCUT2D eigenvalue weighted by atomic mass is 9.73. The van der Waals surface area contributed by atoms with Gasteiger partial charge in [-0.25, -0.2) is 4.39 Å². The van der Waals surface area contributed by atoms with Crippen LogP contribution in [-0.2, 0) is 5.60 Å². The summed E-state index contributed by atoms with van der Waals surface area (Å²) in [5, 5.41) is 20.1. The minimum absolute atomic E-state index is 0.0209. The van der Waals surface area contributed by atoms with Crippen LogP contribution in [0.4, 0.5) is 4.39 Å². The maximum absolute atomic E-state index is 14.7. The number of allylic oxidation sites excluding steroid dienone is 1. The number of aromatic hydroxyl groups is 2. The molecule has 2 unspecified atom stereocenters. The summed E-state index contributed by atoms with van der Waals surface area (Å²) in [6, 6.07) is 17.3. The highest BCUT2D eigenvalue weighted by molar-refractivity contribution is 5.98. The van der Waals surface area contributed by atoms with Gasteiger partial charge in [0.1, 0.15) is 23.9 Å². The summed E-state index contributed by atoms with van der Waals surface area (Å²) in [5.41, 5.74) is 2.99. The standard InChI is InChI=1S/C32H33FN2O4/c1-20-11-12-35(19-20)13-14-38-26-7-4-23(5-8-26)32(17-24-18-34-24)31(22-3-10-29(37)28(33)15-22)21(2)27-9-6-25(36)16-30(27)39-32/h3-10,15-16,18,20,24,36-37H,11-14,17,19H2,1-2H3/t20-,24?,32?/m1/s1. The van der Waals surface area contributed by atoms with E-state index in [9.17, 15) is 14.6 Å². The second-order valence-electron chi connectivity index (χ2n) is 10.9. The highest BCUT2D eigenvalue weighted by Gasteiger charge is 2.47. The van der Waals surface area contributed by atoms with Gasteiger partial charge in [-0.1, -0.05) is 25.1 Å². The number of phenolic OH excluding ortho intramolecular Hbond substituents is 2. The van der Waals surface area contributed by atoms with Gasteiger partial charge in [-0.05, 0) is 73.3 Å². The molecular formula is C32H33FN2O4. The third-order valence-corrected chi connectivity index (χ3v) is 8.03. The molecule has 7 heteroatoms. The number of halogens is 1. The molecule has 0 bridgehead atoms. The lowest BCUT2D eigenvalue weighted by Crippen LogP contribution is -2.39. The molecule has 0 aliphatic carbocycles. The molecule has 3 aromatic rings. The number of benzene rings is 3. The van der Waals surface area contributed by atoms with Gasteiger partial charge in [-0.2, -0.15) is 0 Å². The van der Waals surface area contributed by atoms with Gasteiger partial charge in [0.15, 0.2) is 17.2 Å². The normalized spacial score (nSPS) is 24.0. The first kappa shape index (κ1) is 25.4. The number of rotatable bonds is 8. The Morgan fingerprint density at radius 2 is 1.90 bits per heavy atom. The van der Waals surface area contributed by atoms with Crippen molar-refractivity contribution in [3.63, 3.8) is 0 Å². The second-order valence-corrected chi connectivity index (χ2v) is 10.9. The average molecular weight is 529 g/mol. The molecule has 3 aliphatic rings. The summed E-state index contributed by atoms with van der Waals surface area (Å²) >= 11 is 0. The van der Waals surface area contributed by atoms with Crippen LogP contribution in [0.5, 0.6) is 23.0 Å². The zero-order valence-electron chi connectivity index (χ0n) is 22.2. The predicted molar refractivity (Wildman–Crippen MR) is 150 cm³/mol. The van der Waals surface area contributed by atoms with Gasteiger partial charge in [0.2, 0.25) is 0 Å². The fourth-order valence-electron chi connectivity index (χ4n) is 5.96. The summed E-state index contributed by atoms with van der Waals surface area (Å²) < 4.78 is 27.5. The molecule has 202 valence electrons. The van der Waals surface area contributed by atoms with Crippen LogP contribution in [0.1, 0.15) is 43.4 Å². The molecule has 0 radical (unpaired) electrons. The topological polar surface area (TPSA) is 74.5 Å². The molecule has 0 saturated carbocycles. The summed E-state index contributed by atoms with van der Waals surface area (Å²) in [6.07, 6.45) is 3.62. The van der Waals surface area contributed by atoms with Crippen molar-refractivity contribution in [3.8, 4) is 23.0 Å². The molecule has 0 aromatic heterocycles. The first-order valence-corrected chi connectivity index (χ1v) is 13.5. The van der Waals surface area contributed by atoms with Gasteiger partial charge in [0.25, 0.3) is 0 Å². The molecule has 3 heterocycles. The van der Waals surface area contributed by atoms with Crippen molar-refractivity contribution >= 4 is 17.4 Å². The molecule has 6 rings (SSSR count). The molecule has 2 N–H and O–H groups in total. The lowest BCUT2D eigenvalue weighted by molar-refractivity contribution is 0.117. The number of nitrogens with zero attached hydrogens (tertiary/aromatic N) is 2. The highest BCUT2D eigenvalue weighted by Crippen LogP contribution is 2.54. The quantitative estimate of drug-likeness (QED) is 0.374. The van der Waals surface area contributed by atoms with E-state index >= 15 is 0 Å². The number of likely N-dealkylation sites (tertiary alicyclic amines) is 1. The monoisotopic (exact) mass is 528 g/mol. The van der Waals surface area contributed by atoms with E-state index in [1.807, 2.05) is 43.5 Å². The Morgan fingerprint density at radius 3 is 2.59 bits per heavy atom. The van der Waals surface area contributed by atoms with Crippen LogP contribution < -0.4 is 9.47 Å². The minimum atomic E-state index is -1.01. The summed E-state index contributed by atoms with van der Waals surface area (Å²) in [4.78, 5) is 6.84. The number of fused-ring (bicyclic) bond motifs is 1. The van der Waals surface area contributed by atoms with Crippen LogP contribution in [0, 0.1) is 11.7 Å². The number of hydrogen-bond donors (Lipinski definition) is 2. The Hall–Kier alpha value is -3.84. The Kier molecular flexibility index (Phi) is 6.55. The molecular weight excluding hydrogens is 495 g/mol. The maximum atomic E-state index is 14.7. The highest BCUT2D eigenvalue weighted by atomic mass is 19.1. The molecule has 1 saturated heterocycles. The second kappa shape index (κ2) is 10.0. The van der Waals surface area contributed by atoms with E-state index in [4.69, 9.17) is 9.47 Å². The van der Waals surface area contributed by atoms with E-state index in [2.05, 4.69) is 16.8 Å². The van der Waals surface area contributed by atoms with Gasteiger partial charge in [-0.3, -0.25) is 9.89 Å². The predicted octanol–water partition coefficient (Wildman–Crippen LogP) is 6.02. The number of hydrogen-bond acceptors (Lipinski definition) is 6. The third-order valence-electron chi connectivity index (χ3n) is 8.03. The van der Waals surface area contributed by atoms with E-state index in [1.165, 1.54) is 18.6 Å². The van der Waals surface area contributed by atoms with Crippen LogP contribution in [-0.4, -0.2) is 53.6 Å². The van der Waals surface area contributed by atoms with Crippen LogP contribution in [0.2, 0.25) is 0 Å². The van der Waals surface area contributed by atoms with E-state index in [0.717, 1.165) is 53.6 Å². The number of ether oxygens (including phenoxy) is 2. The molecule has 6 nitrogen and oxygen atoms in total. The summed E-state index contributed by atoms with van der Waals surface area (Å²) in [7, 11) is 0. The minimum Gasteiger partial charge on any atom is -0.508 e. The first-order valence-electron chi connectivity index (χ1n) is 13.5. The lowest BCUT2D eigenvalue weighted by Gasteiger charge is -2.42. The zero-order chi connectivity index (χ0) is 27.1. The van der Waals surface area contributed by atoms with Crippen LogP contribution >= 0.6 is 0 Å². The van der Waals surface area contributed by atoms with Gasteiger partial charge in [0.05, 0.1) is 6.04 Å². The smallest absolute Gasteiger partial charge is 0.165 e. The molecule has 3 aliphatic heterocycles. The van der Waals surface area contributed by atoms with Crippen molar-refractivity contribution in [2.45, 2.75) is 38.3 Å². The van der Waals surface area contributed by atoms with Crippen molar-refractivity contribution in [1.82, 2.24) is 4.90 Å². The average Bonchev–Trinajstić information content (AvgIpc) is 3.63. The van der Waals surface area contributed by atoms with E-state index < -0.39 is 17.2 Å². The van der Waals surface area contributed by atoms with Gasteiger partial charge >= 0.3 is 0 Å². The Balaban J connectivity index is 1.38. The first-order chi connectivity index (χ1) is 18.8. The molecule has 0 amide bonds. The Morgan fingerprint density at radius 1 is 1.10 bits per heavy atom. The summed E-state index contributed by atoms with van der Waals surface area (Å²) in [6.45, 7) is 8.03. The maximum Gasteiger partial charge on any atom is 0.165 e. The van der Waals surface area contributed by atoms with Crippen molar-refractivity contribution < 1.29 is 24.1 Å². The molecule has 0 spiro atoms. The van der Waals surface area contributed by atoms with Crippen molar-refractivity contribution in [2.75, 3.05) is 26.2 Å². The van der Waals surface area contributed by atoms with Gasteiger partial charge < -0.3 is 19.7 Å². The van der Waals surface area contributed by atoms with Gasteiger partial charge in [-0.15, -0.1) is 0 Å². The van der Waals surface area contributed by atoms with Gasteiger partial charge in [0, 0.05) is 48.5 Å². The van der Waals surface area contributed by atoms with Crippen molar-refractivity contribution in [1.29, 1.82) is 0 Å². The fourth-order valence-corrected chi connectivity index (χ4v) is 5.96. The van der Waals surface area contributed by atoms with Crippen LogP contribution in [0.25, 0.3) is 11.1 Å². The Labute approximate surface area is 228 Å². The van der Waals surface area contributed by atoms with E-state index in [1.54, 1.807) is 18.2 Å². The third kappa shape index (κ3) is 4.99. The molecule has 3 atom stereocenters. The number of aliphatic imine (C=N–C) groups is 1. The summed E-state index contributed by atoms with van der Waals surface area (Å²) in [5.74, 6) is 1.07. The molecule has 39 heavy (non-hydrogen) atoms. The largest absolute Gasteiger partial charge is 0.508 e. The zero-order valence-corrected chi connectivity index (χ0v) is 22.2. The fraction of sp³-hybridized carbons (Fsp3) is 0.344.